The van der Waals surface area contributed by atoms with E-state index in [1.54, 1.807) is 4.90 Å². The molecular weight excluding hydrogens is 324 g/mol. The van der Waals surface area contributed by atoms with E-state index in [4.69, 9.17) is 0 Å². The number of imidazole rings is 1. The first-order chi connectivity index (χ1) is 10.4. The molecule has 0 spiro atoms. The standard InChI is InChI=1S/C13H18N4O3S2/c1-10-8-17-11(9-21-13(17)14-10)12(18)15-4-3-5-16(7-6-15)22(2,19)20/h8-9H,3-7H2,1-2H3. The Morgan fingerprint density at radius 2 is 2.05 bits per heavy atom. The second-order valence-corrected chi connectivity index (χ2v) is 8.28. The Morgan fingerprint density at radius 3 is 2.77 bits per heavy atom. The smallest absolute Gasteiger partial charge is 0.271 e. The molecule has 3 rings (SSSR count). The molecule has 22 heavy (non-hydrogen) atoms. The molecule has 2 aromatic heterocycles. The second-order valence-electron chi connectivity index (χ2n) is 5.46. The molecule has 0 bridgehead atoms. The van der Waals surface area contributed by atoms with Crippen molar-refractivity contribution in [3.05, 3.63) is 23.0 Å². The molecule has 0 aliphatic carbocycles. The minimum atomic E-state index is -3.20. The van der Waals surface area contributed by atoms with Gasteiger partial charge in [0.1, 0.15) is 5.69 Å². The average Bonchev–Trinajstić information content (AvgIpc) is 2.85. The third-order valence-electron chi connectivity index (χ3n) is 3.76. The lowest BCUT2D eigenvalue weighted by molar-refractivity contribution is 0.0757. The summed E-state index contributed by atoms with van der Waals surface area (Å²) < 4.78 is 26.5. The molecule has 0 radical (unpaired) electrons. The third-order valence-corrected chi connectivity index (χ3v) is 5.90. The number of aryl methyl sites for hydroxylation is 1. The molecule has 0 aromatic carbocycles. The maximum absolute atomic E-state index is 12.7. The van der Waals surface area contributed by atoms with Crippen molar-refractivity contribution in [2.75, 3.05) is 32.4 Å². The van der Waals surface area contributed by atoms with E-state index in [0.717, 1.165) is 10.7 Å². The lowest BCUT2D eigenvalue weighted by Gasteiger charge is -2.20. The Bertz CT molecular complexity index is 808. The van der Waals surface area contributed by atoms with Gasteiger partial charge in [-0.2, -0.15) is 0 Å². The Hall–Kier alpha value is -1.45. The highest BCUT2D eigenvalue weighted by Gasteiger charge is 2.26. The van der Waals surface area contributed by atoms with E-state index in [2.05, 4.69) is 4.98 Å². The summed E-state index contributed by atoms with van der Waals surface area (Å²) in [6.45, 7) is 3.68. The zero-order chi connectivity index (χ0) is 15.9. The number of hydrogen-bond acceptors (Lipinski definition) is 5. The highest BCUT2D eigenvalue weighted by molar-refractivity contribution is 7.88. The molecule has 2 aromatic rings. The van der Waals surface area contributed by atoms with Gasteiger partial charge in [0.15, 0.2) is 4.96 Å². The van der Waals surface area contributed by atoms with Crippen LogP contribution in [0, 0.1) is 6.92 Å². The van der Waals surface area contributed by atoms with Gasteiger partial charge in [-0.3, -0.25) is 9.20 Å². The normalized spacial score (nSPS) is 17.8. The number of fused-ring (bicyclic) bond motifs is 1. The molecule has 1 saturated heterocycles. The SMILES string of the molecule is Cc1cn2c(C(=O)N3CCCN(S(C)(=O)=O)CC3)csc2n1. The summed E-state index contributed by atoms with van der Waals surface area (Å²) in [5, 5.41) is 1.81. The van der Waals surface area contributed by atoms with Crippen molar-refractivity contribution < 1.29 is 13.2 Å². The van der Waals surface area contributed by atoms with Crippen LogP contribution in [-0.2, 0) is 10.0 Å². The second kappa shape index (κ2) is 5.64. The van der Waals surface area contributed by atoms with E-state index >= 15 is 0 Å². The fourth-order valence-corrected chi connectivity index (χ4v) is 4.41. The first-order valence-corrected chi connectivity index (χ1v) is 9.76. The topological polar surface area (TPSA) is 75.0 Å². The van der Waals surface area contributed by atoms with Crippen LogP contribution >= 0.6 is 11.3 Å². The van der Waals surface area contributed by atoms with Gasteiger partial charge in [0.2, 0.25) is 10.0 Å². The monoisotopic (exact) mass is 342 g/mol. The molecule has 1 aliphatic rings. The Labute approximate surface area is 133 Å². The number of thiazole rings is 1. The Morgan fingerprint density at radius 1 is 1.27 bits per heavy atom. The van der Waals surface area contributed by atoms with Gasteiger partial charge in [-0.05, 0) is 13.3 Å². The summed E-state index contributed by atoms with van der Waals surface area (Å²) in [6, 6.07) is 0. The van der Waals surface area contributed by atoms with Crippen molar-refractivity contribution in [3.8, 4) is 0 Å². The van der Waals surface area contributed by atoms with Gasteiger partial charge in [0.25, 0.3) is 5.91 Å². The minimum Gasteiger partial charge on any atom is -0.336 e. The van der Waals surface area contributed by atoms with Crippen molar-refractivity contribution in [2.45, 2.75) is 13.3 Å². The van der Waals surface area contributed by atoms with Gasteiger partial charge < -0.3 is 4.90 Å². The summed E-state index contributed by atoms with van der Waals surface area (Å²) in [6.07, 6.45) is 3.70. The average molecular weight is 342 g/mol. The van der Waals surface area contributed by atoms with Crippen LogP contribution in [0.5, 0.6) is 0 Å². The van der Waals surface area contributed by atoms with Crippen LogP contribution in [0.3, 0.4) is 0 Å². The predicted octanol–water partition coefficient (Wildman–Crippen LogP) is 0.812. The lowest BCUT2D eigenvalue weighted by Crippen LogP contribution is -2.37. The van der Waals surface area contributed by atoms with E-state index in [-0.39, 0.29) is 5.91 Å². The number of carbonyl (C=O) groups excluding carboxylic acids is 1. The number of hydrogen-bond donors (Lipinski definition) is 0. The summed E-state index contributed by atoms with van der Waals surface area (Å²) in [5.74, 6) is -0.0704. The zero-order valence-corrected chi connectivity index (χ0v) is 14.2. The van der Waals surface area contributed by atoms with Gasteiger partial charge in [-0.1, -0.05) is 0 Å². The van der Waals surface area contributed by atoms with Gasteiger partial charge >= 0.3 is 0 Å². The van der Waals surface area contributed by atoms with Crippen molar-refractivity contribution >= 4 is 32.2 Å². The Kier molecular flexibility index (Phi) is 3.96. The quantitative estimate of drug-likeness (QED) is 0.809. The van der Waals surface area contributed by atoms with Crippen molar-refractivity contribution in [3.63, 3.8) is 0 Å². The largest absolute Gasteiger partial charge is 0.336 e. The lowest BCUT2D eigenvalue weighted by atomic mass is 10.3. The zero-order valence-electron chi connectivity index (χ0n) is 12.5. The number of amides is 1. The van der Waals surface area contributed by atoms with E-state index in [0.29, 0.717) is 38.3 Å². The number of sulfonamides is 1. The van der Waals surface area contributed by atoms with E-state index in [1.807, 2.05) is 22.9 Å². The van der Waals surface area contributed by atoms with Crippen LogP contribution in [0.25, 0.3) is 4.96 Å². The minimum absolute atomic E-state index is 0.0704. The summed E-state index contributed by atoms with van der Waals surface area (Å²) in [7, 11) is -3.20. The van der Waals surface area contributed by atoms with Gasteiger partial charge in [-0.15, -0.1) is 11.3 Å². The van der Waals surface area contributed by atoms with Crippen LogP contribution in [-0.4, -0.2) is 65.3 Å². The molecular formula is C13H18N4O3S2. The van der Waals surface area contributed by atoms with Crippen molar-refractivity contribution in [2.24, 2.45) is 0 Å². The molecule has 3 heterocycles. The highest BCUT2D eigenvalue weighted by Crippen LogP contribution is 2.19. The molecule has 9 heteroatoms. The number of rotatable bonds is 2. The van der Waals surface area contributed by atoms with Crippen LogP contribution in [0.2, 0.25) is 0 Å². The molecule has 0 saturated carbocycles. The summed E-state index contributed by atoms with van der Waals surface area (Å²) in [4.78, 5) is 19.6. The molecule has 7 nitrogen and oxygen atoms in total. The molecule has 1 amide bonds. The van der Waals surface area contributed by atoms with Gasteiger partial charge in [0, 0.05) is 37.8 Å². The number of carbonyl (C=O) groups is 1. The first kappa shape index (κ1) is 15.4. The van der Waals surface area contributed by atoms with Crippen LogP contribution < -0.4 is 0 Å². The fraction of sp³-hybridized carbons (Fsp3) is 0.538. The Balaban J connectivity index is 1.80. The molecule has 0 atom stereocenters. The molecule has 1 aliphatic heterocycles. The van der Waals surface area contributed by atoms with Gasteiger partial charge in [0.05, 0.1) is 11.9 Å². The van der Waals surface area contributed by atoms with Crippen molar-refractivity contribution in [1.29, 1.82) is 0 Å². The molecule has 120 valence electrons. The number of nitrogens with zero attached hydrogens (tertiary/aromatic N) is 4. The van der Waals surface area contributed by atoms with Crippen LogP contribution in [0.1, 0.15) is 22.6 Å². The maximum atomic E-state index is 12.7. The van der Waals surface area contributed by atoms with E-state index in [9.17, 15) is 13.2 Å². The first-order valence-electron chi connectivity index (χ1n) is 7.04. The maximum Gasteiger partial charge on any atom is 0.271 e. The number of aromatic nitrogens is 2. The third kappa shape index (κ3) is 2.88. The van der Waals surface area contributed by atoms with Crippen LogP contribution in [0.4, 0.5) is 0 Å². The van der Waals surface area contributed by atoms with E-state index in [1.165, 1.54) is 21.9 Å². The van der Waals surface area contributed by atoms with Crippen molar-refractivity contribution in [1.82, 2.24) is 18.6 Å². The molecule has 0 N–H and O–H groups in total. The van der Waals surface area contributed by atoms with E-state index < -0.39 is 10.0 Å². The molecule has 0 unspecified atom stereocenters. The summed E-state index contributed by atoms with van der Waals surface area (Å²) in [5.41, 5.74) is 1.47. The predicted molar refractivity (Wildman–Crippen MR) is 84.7 cm³/mol. The fourth-order valence-electron chi connectivity index (χ4n) is 2.64. The molecule has 1 fully saturated rings. The van der Waals surface area contributed by atoms with Crippen LogP contribution in [0.15, 0.2) is 11.6 Å². The highest BCUT2D eigenvalue weighted by atomic mass is 32.2. The summed E-state index contributed by atoms with van der Waals surface area (Å²) >= 11 is 1.44. The van der Waals surface area contributed by atoms with Gasteiger partial charge in [-0.25, -0.2) is 17.7 Å².